The van der Waals surface area contributed by atoms with Crippen molar-refractivity contribution in [1.82, 2.24) is 9.97 Å². The molecule has 2 aromatic heterocycles. The molecule has 0 saturated heterocycles. The van der Waals surface area contributed by atoms with Crippen LogP contribution in [0.1, 0.15) is 11.5 Å². The van der Waals surface area contributed by atoms with Crippen LogP contribution in [0.2, 0.25) is 0 Å². The summed E-state index contributed by atoms with van der Waals surface area (Å²) in [6.07, 6.45) is -3.96. The Hall–Kier alpha value is -1.59. The highest BCUT2D eigenvalue weighted by Crippen LogP contribution is 2.23. The number of aromatic nitrogens is 2. The molecule has 2 heterocycles. The number of halogens is 3. The Morgan fingerprint density at radius 1 is 1.40 bits per heavy atom. The fraction of sp³-hybridized carbons (Fsp3) is 0.333. The van der Waals surface area contributed by atoms with Crippen LogP contribution in [0.15, 0.2) is 16.7 Å². The van der Waals surface area contributed by atoms with Gasteiger partial charge in [0.2, 0.25) is 11.6 Å². The molecule has 0 amide bonds. The molecule has 0 unspecified atom stereocenters. The van der Waals surface area contributed by atoms with Crippen molar-refractivity contribution in [3.8, 4) is 0 Å². The average Bonchev–Trinajstić information content (AvgIpc) is 2.42. The summed E-state index contributed by atoms with van der Waals surface area (Å²) >= 11 is 0. The second kappa shape index (κ2) is 3.22. The summed E-state index contributed by atoms with van der Waals surface area (Å²) in [5.41, 5.74) is 1.32. The van der Waals surface area contributed by atoms with Crippen molar-refractivity contribution in [2.45, 2.75) is 19.5 Å². The second-order valence-corrected chi connectivity index (χ2v) is 3.24. The summed E-state index contributed by atoms with van der Waals surface area (Å²) in [6.45, 7) is 1.78. The van der Waals surface area contributed by atoms with Gasteiger partial charge in [-0.2, -0.15) is 13.2 Å². The third-order valence-corrected chi connectivity index (χ3v) is 1.78. The first-order valence-corrected chi connectivity index (χ1v) is 4.23. The lowest BCUT2D eigenvalue weighted by Crippen LogP contribution is -2.11. The van der Waals surface area contributed by atoms with Gasteiger partial charge in [0.25, 0.3) is 0 Å². The van der Waals surface area contributed by atoms with E-state index in [9.17, 15) is 13.2 Å². The van der Waals surface area contributed by atoms with E-state index in [-0.39, 0.29) is 11.6 Å². The fourth-order valence-corrected chi connectivity index (χ4v) is 1.22. The largest absolute Gasteiger partial charge is 0.422 e. The lowest BCUT2D eigenvalue weighted by molar-refractivity contribution is -0.130. The minimum atomic E-state index is -4.31. The van der Waals surface area contributed by atoms with Crippen LogP contribution in [-0.4, -0.2) is 16.1 Å². The van der Waals surface area contributed by atoms with Crippen LogP contribution in [-0.2, 0) is 6.42 Å². The van der Waals surface area contributed by atoms with E-state index in [2.05, 4.69) is 9.97 Å². The molecule has 6 heteroatoms. The Balaban J connectivity index is 2.39. The Bertz CT molecular complexity index is 490. The number of alkyl halides is 3. The predicted octanol–water partition coefficient (Wildman–Crippen LogP) is 2.64. The van der Waals surface area contributed by atoms with Crippen LogP contribution in [0.4, 0.5) is 13.2 Å². The third kappa shape index (κ3) is 2.26. The quantitative estimate of drug-likeness (QED) is 0.735. The van der Waals surface area contributed by atoms with Crippen molar-refractivity contribution >= 4 is 11.2 Å². The summed E-state index contributed by atoms with van der Waals surface area (Å²) in [7, 11) is 0. The zero-order valence-corrected chi connectivity index (χ0v) is 7.80. The van der Waals surface area contributed by atoms with Crippen LogP contribution in [0.3, 0.4) is 0 Å². The van der Waals surface area contributed by atoms with Crippen molar-refractivity contribution in [2.24, 2.45) is 0 Å². The number of rotatable bonds is 1. The van der Waals surface area contributed by atoms with Gasteiger partial charge >= 0.3 is 6.18 Å². The van der Waals surface area contributed by atoms with Gasteiger partial charge < -0.3 is 4.42 Å². The van der Waals surface area contributed by atoms with Gasteiger partial charge in [0.15, 0.2) is 0 Å². The van der Waals surface area contributed by atoms with Crippen molar-refractivity contribution < 1.29 is 17.6 Å². The van der Waals surface area contributed by atoms with Crippen molar-refractivity contribution in [1.29, 1.82) is 0 Å². The van der Waals surface area contributed by atoms with E-state index >= 15 is 0 Å². The van der Waals surface area contributed by atoms with Crippen LogP contribution in [0, 0.1) is 6.92 Å². The molecule has 2 rings (SSSR count). The van der Waals surface area contributed by atoms with Gasteiger partial charge in [0, 0.05) is 6.20 Å². The number of oxazole rings is 1. The third-order valence-electron chi connectivity index (χ3n) is 1.78. The highest BCUT2D eigenvalue weighted by molar-refractivity contribution is 5.68. The predicted molar refractivity (Wildman–Crippen MR) is 46.3 cm³/mol. The summed E-state index contributed by atoms with van der Waals surface area (Å²) in [5, 5.41) is 0. The van der Waals surface area contributed by atoms with Gasteiger partial charge in [-0.3, -0.25) is 0 Å². The maximum atomic E-state index is 12.0. The summed E-state index contributed by atoms with van der Waals surface area (Å²) in [4.78, 5) is 7.54. The van der Waals surface area contributed by atoms with Crippen LogP contribution in [0.5, 0.6) is 0 Å². The maximum absolute atomic E-state index is 12.0. The zero-order valence-electron chi connectivity index (χ0n) is 7.80. The molecule has 3 nitrogen and oxygen atoms in total. The normalized spacial score (nSPS) is 12.3. The van der Waals surface area contributed by atoms with Crippen LogP contribution < -0.4 is 0 Å². The molecular formula is C9H7F3N2O. The van der Waals surface area contributed by atoms with Crippen molar-refractivity contribution in [3.05, 3.63) is 23.7 Å². The number of fused-ring (bicyclic) bond motifs is 1. The standard InChI is InChI=1S/C9H7F3N2O/c1-5-2-6-8(13-4-5)15-7(14-6)3-9(10,11)12/h2,4H,3H2,1H3. The van der Waals surface area contributed by atoms with E-state index < -0.39 is 12.6 Å². The van der Waals surface area contributed by atoms with E-state index in [0.29, 0.717) is 5.52 Å². The topological polar surface area (TPSA) is 38.9 Å². The second-order valence-electron chi connectivity index (χ2n) is 3.24. The van der Waals surface area contributed by atoms with Gasteiger partial charge in [0.1, 0.15) is 11.9 Å². The first-order valence-electron chi connectivity index (χ1n) is 4.23. The molecule has 0 radical (unpaired) electrons. The van der Waals surface area contributed by atoms with E-state index in [1.54, 1.807) is 13.0 Å². The number of aryl methyl sites for hydroxylation is 1. The maximum Gasteiger partial charge on any atom is 0.397 e. The Morgan fingerprint density at radius 2 is 2.13 bits per heavy atom. The van der Waals surface area contributed by atoms with Crippen LogP contribution >= 0.6 is 0 Å². The molecule has 0 fully saturated rings. The lowest BCUT2D eigenvalue weighted by atomic mass is 10.3. The zero-order chi connectivity index (χ0) is 11.1. The SMILES string of the molecule is Cc1cnc2oc(CC(F)(F)F)nc2c1. The molecule has 0 aliphatic rings. The first-order chi connectivity index (χ1) is 6.94. The average molecular weight is 216 g/mol. The summed E-state index contributed by atoms with van der Waals surface area (Å²) < 4.78 is 40.9. The molecule has 0 N–H and O–H groups in total. The molecule has 0 aliphatic heterocycles. The smallest absolute Gasteiger partial charge is 0.397 e. The van der Waals surface area contributed by atoms with E-state index in [0.717, 1.165) is 5.56 Å². The monoisotopic (exact) mass is 216 g/mol. The molecule has 80 valence electrons. The number of hydrogen-bond donors (Lipinski definition) is 0. The van der Waals surface area contributed by atoms with Gasteiger partial charge in [-0.25, -0.2) is 9.97 Å². The van der Waals surface area contributed by atoms with Crippen molar-refractivity contribution in [2.75, 3.05) is 0 Å². The van der Waals surface area contributed by atoms with E-state index in [4.69, 9.17) is 4.42 Å². The Morgan fingerprint density at radius 3 is 2.80 bits per heavy atom. The summed E-state index contributed by atoms with van der Waals surface area (Å²) in [5.74, 6) is -0.351. The van der Waals surface area contributed by atoms with Gasteiger partial charge in [-0.05, 0) is 18.6 Å². The molecule has 0 spiro atoms. The molecule has 0 saturated carbocycles. The highest BCUT2D eigenvalue weighted by atomic mass is 19.4. The molecule has 15 heavy (non-hydrogen) atoms. The Kier molecular flexibility index (Phi) is 2.13. The molecular weight excluding hydrogens is 209 g/mol. The molecule has 0 atom stereocenters. The molecule has 0 aromatic carbocycles. The van der Waals surface area contributed by atoms with Crippen molar-refractivity contribution in [3.63, 3.8) is 0 Å². The Labute approximate surface area is 82.9 Å². The highest BCUT2D eigenvalue weighted by Gasteiger charge is 2.30. The minimum absolute atomic E-state index is 0.139. The number of nitrogens with zero attached hydrogens (tertiary/aromatic N) is 2. The minimum Gasteiger partial charge on any atom is -0.422 e. The van der Waals surface area contributed by atoms with Crippen LogP contribution in [0.25, 0.3) is 11.2 Å². The molecule has 0 bridgehead atoms. The summed E-state index contributed by atoms with van der Waals surface area (Å²) in [6, 6.07) is 1.63. The van der Waals surface area contributed by atoms with Gasteiger partial charge in [-0.15, -0.1) is 0 Å². The van der Waals surface area contributed by atoms with E-state index in [1.807, 2.05) is 0 Å². The lowest BCUT2D eigenvalue weighted by Gasteiger charge is -2.00. The van der Waals surface area contributed by atoms with E-state index in [1.165, 1.54) is 6.20 Å². The van der Waals surface area contributed by atoms with Gasteiger partial charge in [-0.1, -0.05) is 0 Å². The molecule has 2 aromatic rings. The van der Waals surface area contributed by atoms with Gasteiger partial charge in [0.05, 0.1) is 0 Å². The fourth-order valence-electron chi connectivity index (χ4n) is 1.22. The first kappa shape index (κ1) is 9.95. The number of hydrogen-bond acceptors (Lipinski definition) is 3. The molecule has 0 aliphatic carbocycles. The number of pyridine rings is 1.